The van der Waals surface area contributed by atoms with E-state index >= 15 is 0 Å². The van der Waals surface area contributed by atoms with Crippen LogP contribution in [0.5, 0.6) is 5.75 Å². The van der Waals surface area contributed by atoms with Crippen molar-refractivity contribution in [3.8, 4) is 16.9 Å². The first kappa shape index (κ1) is 15.6. The second kappa shape index (κ2) is 5.10. The van der Waals surface area contributed by atoms with Crippen molar-refractivity contribution in [3.05, 3.63) is 47.8 Å². The van der Waals surface area contributed by atoms with Gasteiger partial charge in [-0.15, -0.1) is 0 Å². The fourth-order valence-electron chi connectivity index (χ4n) is 5.41. The maximum absolute atomic E-state index is 6.64. The molecule has 2 aromatic rings. The lowest BCUT2D eigenvalue weighted by Crippen LogP contribution is -2.78. The van der Waals surface area contributed by atoms with Gasteiger partial charge in [0.25, 0.3) is 0 Å². The van der Waals surface area contributed by atoms with Gasteiger partial charge in [0.2, 0.25) is 0 Å². The van der Waals surface area contributed by atoms with Crippen LogP contribution in [0.15, 0.2) is 41.7 Å². The molecule has 5 heteroatoms. The number of nitrogens with zero attached hydrogens (tertiary/aromatic N) is 2. The Morgan fingerprint density at radius 3 is 2.56 bits per heavy atom. The molecule has 3 aliphatic heterocycles. The number of ether oxygens (including phenoxy) is 3. The quantitative estimate of drug-likeness (QED) is 0.775. The van der Waals surface area contributed by atoms with E-state index in [4.69, 9.17) is 19.2 Å². The standard InChI is InChI=1S/C22H22N2O3/c1-15-9-17(12-23-11-15)16-3-4-19-18(10-16)21(13-25-14-24-21)22(7-8-26-22)20(27-19)5-2-6-20/h3-4,9-12,14H,2,5-8,13H2,1H3. The van der Waals surface area contributed by atoms with Crippen LogP contribution in [0.4, 0.5) is 0 Å². The summed E-state index contributed by atoms with van der Waals surface area (Å²) in [4.78, 5) is 9.26. The van der Waals surface area contributed by atoms with Crippen LogP contribution in [-0.4, -0.2) is 35.8 Å². The third kappa shape index (κ3) is 1.78. The molecule has 4 aliphatic rings. The van der Waals surface area contributed by atoms with Gasteiger partial charge in [0, 0.05) is 29.9 Å². The van der Waals surface area contributed by atoms with Gasteiger partial charge in [-0.05, 0) is 55.5 Å². The van der Waals surface area contributed by atoms with E-state index in [-0.39, 0.29) is 5.60 Å². The molecule has 2 unspecified atom stereocenters. The number of hydrogen-bond donors (Lipinski definition) is 0. The van der Waals surface area contributed by atoms with E-state index in [0.29, 0.717) is 6.61 Å². The molecule has 0 bridgehead atoms. The van der Waals surface area contributed by atoms with E-state index in [1.54, 1.807) is 6.40 Å². The van der Waals surface area contributed by atoms with Crippen molar-refractivity contribution >= 4 is 6.40 Å². The van der Waals surface area contributed by atoms with Crippen molar-refractivity contribution in [2.45, 2.75) is 49.3 Å². The van der Waals surface area contributed by atoms with Crippen LogP contribution < -0.4 is 4.74 Å². The molecule has 0 N–H and O–H groups in total. The predicted molar refractivity (Wildman–Crippen MR) is 101 cm³/mol. The lowest BCUT2D eigenvalue weighted by atomic mass is 9.54. The summed E-state index contributed by atoms with van der Waals surface area (Å²) in [6.07, 6.45) is 9.56. The van der Waals surface area contributed by atoms with Gasteiger partial charge >= 0.3 is 0 Å². The largest absolute Gasteiger partial charge is 0.484 e. The number of aromatic nitrogens is 1. The molecule has 5 nitrogen and oxygen atoms in total. The lowest BCUT2D eigenvalue weighted by Gasteiger charge is -2.66. The minimum Gasteiger partial charge on any atom is -0.484 e. The minimum atomic E-state index is -0.521. The van der Waals surface area contributed by atoms with Crippen molar-refractivity contribution in [1.82, 2.24) is 4.98 Å². The molecular formula is C22H22N2O3. The normalized spacial score (nSPS) is 31.9. The van der Waals surface area contributed by atoms with Crippen LogP contribution in [0, 0.1) is 6.92 Å². The SMILES string of the molecule is Cc1cncc(-c2ccc3c(c2)C2(COC=N2)C2(CCO2)C2(CCC2)O3)c1. The Labute approximate surface area is 158 Å². The maximum Gasteiger partial charge on any atom is 0.170 e. The average molecular weight is 362 g/mol. The summed E-state index contributed by atoms with van der Waals surface area (Å²) < 4.78 is 18.7. The van der Waals surface area contributed by atoms with Gasteiger partial charge in [-0.2, -0.15) is 0 Å². The molecule has 27 heavy (non-hydrogen) atoms. The summed E-state index contributed by atoms with van der Waals surface area (Å²) in [5, 5.41) is 0. The molecule has 1 saturated carbocycles. The first-order valence-electron chi connectivity index (χ1n) is 9.73. The molecular weight excluding hydrogens is 340 g/mol. The summed E-state index contributed by atoms with van der Waals surface area (Å²) in [7, 11) is 0. The van der Waals surface area contributed by atoms with Gasteiger partial charge in [0.15, 0.2) is 11.9 Å². The molecule has 138 valence electrons. The number of pyridine rings is 1. The van der Waals surface area contributed by atoms with E-state index in [2.05, 4.69) is 36.2 Å². The van der Waals surface area contributed by atoms with Gasteiger partial charge in [-0.3, -0.25) is 4.98 Å². The minimum absolute atomic E-state index is 0.268. The number of hydrogen-bond acceptors (Lipinski definition) is 5. The Hall–Kier alpha value is -2.40. The molecule has 1 saturated heterocycles. The second-order valence-corrected chi connectivity index (χ2v) is 8.24. The van der Waals surface area contributed by atoms with Crippen LogP contribution in [0.1, 0.15) is 36.8 Å². The molecule has 1 aromatic carbocycles. The van der Waals surface area contributed by atoms with E-state index in [1.165, 1.54) is 6.42 Å². The summed E-state index contributed by atoms with van der Waals surface area (Å²) in [6, 6.07) is 8.57. The predicted octanol–water partition coefficient (Wildman–Crippen LogP) is 3.79. The lowest BCUT2D eigenvalue weighted by molar-refractivity contribution is -0.307. The first-order valence-corrected chi connectivity index (χ1v) is 9.73. The average Bonchev–Trinajstić information content (AvgIpc) is 3.09. The Bertz CT molecular complexity index is 962. The molecule has 6 rings (SSSR count). The van der Waals surface area contributed by atoms with Gasteiger partial charge < -0.3 is 14.2 Å². The highest BCUT2D eigenvalue weighted by Crippen LogP contribution is 2.65. The zero-order valence-corrected chi connectivity index (χ0v) is 15.4. The highest BCUT2D eigenvalue weighted by molar-refractivity contribution is 5.68. The topological polar surface area (TPSA) is 52.9 Å². The Morgan fingerprint density at radius 2 is 1.93 bits per heavy atom. The zero-order chi connectivity index (χ0) is 18.1. The third-order valence-electron chi connectivity index (χ3n) is 6.95. The smallest absolute Gasteiger partial charge is 0.170 e. The van der Waals surface area contributed by atoms with Crippen LogP contribution in [0.2, 0.25) is 0 Å². The van der Waals surface area contributed by atoms with Crippen molar-refractivity contribution in [2.75, 3.05) is 13.2 Å². The zero-order valence-electron chi connectivity index (χ0n) is 15.4. The van der Waals surface area contributed by atoms with Gasteiger partial charge in [-0.25, -0.2) is 4.99 Å². The summed E-state index contributed by atoms with van der Waals surface area (Å²) in [6.45, 7) is 3.34. The van der Waals surface area contributed by atoms with E-state index in [1.807, 2.05) is 12.4 Å². The molecule has 1 aromatic heterocycles. The van der Waals surface area contributed by atoms with Crippen molar-refractivity contribution in [3.63, 3.8) is 0 Å². The summed E-state index contributed by atoms with van der Waals surface area (Å²) in [5.41, 5.74) is 3.24. The summed E-state index contributed by atoms with van der Waals surface area (Å²) in [5.74, 6) is 0.919. The maximum atomic E-state index is 6.64. The van der Waals surface area contributed by atoms with Gasteiger partial charge in [0.1, 0.15) is 23.6 Å². The van der Waals surface area contributed by atoms with Crippen LogP contribution in [-0.2, 0) is 15.0 Å². The van der Waals surface area contributed by atoms with Gasteiger partial charge in [0.05, 0.1) is 6.61 Å². The fourth-order valence-corrected chi connectivity index (χ4v) is 5.41. The van der Waals surface area contributed by atoms with Crippen molar-refractivity contribution in [2.24, 2.45) is 4.99 Å². The van der Waals surface area contributed by atoms with Crippen LogP contribution in [0.3, 0.4) is 0 Å². The first-order chi connectivity index (χ1) is 13.2. The molecule has 2 fully saturated rings. The van der Waals surface area contributed by atoms with E-state index in [0.717, 1.165) is 53.9 Å². The van der Waals surface area contributed by atoms with Crippen molar-refractivity contribution in [1.29, 1.82) is 0 Å². The number of fused-ring (bicyclic) bond motifs is 4. The Kier molecular flexibility index (Phi) is 2.96. The highest BCUT2D eigenvalue weighted by Gasteiger charge is 2.75. The Morgan fingerprint density at radius 1 is 1.04 bits per heavy atom. The highest BCUT2D eigenvalue weighted by atomic mass is 16.6. The van der Waals surface area contributed by atoms with Crippen LogP contribution >= 0.6 is 0 Å². The number of aryl methyl sites for hydroxylation is 1. The molecule has 2 atom stereocenters. The monoisotopic (exact) mass is 362 g/mol. The molecule has 0 radical (unpaired) electrons. The molecule has 0 amide bonds. The number of benzene rings is 1. The fraction of sp³-hybridized carbons (Fsp3) is 0.455. The Balaban J connectivity index is 1.56. The van der Waals surface area contributed by atoms with Crippen molar-refractivity contribution < 1.29 is 14.2 Å². The van der Waals surface area contributed by atoms with Crippen LogP contribution in [0.25, 0.3) is 11.1 Å². The number of aliphatic imine (C=N–C) groups is 1. The third-order valence-corrected chi connectivity index (χ3v) is 6.95. The molecule has 4 heterocycles. The number of rotatable bonds is 1. The molecule has 3 spiro atoms. The van der Waals surface area contributed by atoms with E-state index in [9.17, 15) is 0 Å². The molecule has 1 aliphatic carbocycles. The summed E-state index contributed by atoms with van der Waals surface area (Å²) >= 11 is 0. The van der Waals surface area contributed by atoms with Gasteiger partial charge in [-0.1, -0.05) is 6.07 Å². The second-order valence-electron chi connectivity index (χ2n) is 8.24. The van der Waals surface area contributed by atoms with E-state index < -0.39 is 11.1 Å².